The quantitative estimate of drug-likeness (QED) is 0.223. The summed E-state index contributed by atoms with van der Waals surface area (Å²) in [4.78, 5) is 9.72. The van der Waals surface area contributed by atoms with Crippen LogP contribution in [0.25, 0.3) is 22.1 Å². The maximum absolute atomic E-state index is 5.46. The van der Waals surface area contributed by atoms with Crippen molar-refractivity contribution in [2.24, 2.45) is 0 Å². The molecule has 8 heteroatoms. The van der Waals surface area contributed by atoms with E-state index in [1.165, 1.54) is 11.0 Å². The summed E-state index contributed by atoms with van der Waals surface area (Å²) in [6.07, 6.45) is 0.668. The number of imidazole rings is 2. The lowest BCUT2D eigenvalue weighted by Gasteiger charge is -2.08. The van der Waals surface area contributed by atoms with E-state index in [0.29, 0.717) is 12.2 Å². The third-order valence-electron chi connectivity index (χ3n) is 5.36. The van der Waals surface area contributed by atoms with Gasteiger partial charge in [0.05, 0.1) is 60.6 Å². The molecule has 4 aromatic rings. The molecule has 0 spiro atoms. The van der Waals surface area contributed by atoms with Crippen molar-refractivity contribution in [1.82, 2.24) is 19.1 Å². The minimum Gasteiger partial charge on any atom is -0.371 e. The number of ether oxygens (including phenoxy) is 2. The Morgan fingerprint density at radius 1 is 0.733 bits per heavy atom. The molecule has 2 aromatic carbocycles. The van der Waals surface area contributed by atoms with E-state index >= 15 is 0 Å². The van der Waals surface area contributed by atoms with E-state index in [9.17, 15) is 0 Å². The molecule has 0 radical (unpaired) electrons. The van der Waals surface area contributed by atoms with Crippen LogP contribution < -0.4 is 0 Å². The highest BCUT2D eigenvalue weighted by molar-refractivity contribution is 8.02. The molecule has 2 atom stereocenters. The van der Waals surface area contributed by atoms with Gasteiger partial charge < -0.3 is 18.6 Å². The van der Waals surface area contributed by atoms with Crippen molar-refractivity contribution < 1.29 is 9.47 Å². The number of hydrogen-bond acceptors (Lipinski definition) is 6. The zero-order valence-electron chi connectivity index (χ0n) is 16.4. The first-order chi connectivity index (χ1) is 14.8. The minimum absolute atomic E-state index is 0.334. The number of thioether (sulfide) groups is 2. The second-order valence-corrected chi connectivity index (χ2v) is 9.72. The third-order valence-corrected chi connectivity index (χ3v) is 7.58. The van der Waals surface area contributed by atoms with E-state index < -0.39 is 0 Å². The first-order valence-electron chi connectivity index (χ1n) is 10.2. The van der Waals surface area contributed by atoms with Crippen LogP contribution in [0.15, 0.2) is 58.8 Å². The zero-order valence-corrected chi connectivity index (χ0v) is 18.1. The van der Waals surface area contributed by atoms with Gasteiger partial charge in [-0.15, -0.1) is 0 Å². The average molecular weight is 439 g/mol. The topological polar surface area (TPSA) is 60.7 Å². The summed E-state index contributed by atoms with van der Waals surface area (Å²) in [5.74, 6) is 1.95. The van der Waals surface area contributed by atoms with Crippen LogP contribution in [-0.4, -0.2) is 56.0 Å². The van der Waals surface area contributed by atoms with Gasteiger partial charge in [0, 0.05) is 11.5 Å². The molecule has 0 amide bonds. The van der Waals surface area contributed by atoms with Crippen LogP contribution in [0.4, 0.5) is 0 Å². The Kier molecular flexibility index (Phi) is 4.95. The number of hydrogen-bond donors (Lipinski definition) is 0. The first kappa shape index (κ1) is 18.7. The van der Waals surface area contributed by atoms with Gasteiger partial charge in [-0.05, 0) is 24.3 Å². The van der Waals surface area contributed by atoms with Crippen LogP contribution >= 0.6 is 23.5 Å². The van der Waals surface area contributed by atoms with E-state index in [0.717, 1.165) is 59.2 Å². The van der Waals surface area contributed by atoms with Crippen molar-refractivity contribution in [3.8, 4) is 0 Å². The molecule has 2 unspecified atom stereocenters. The molecule has 154 valence electrons. The molecule has 0 bridgehead atoms. The molecule has 4 heterocycles. The van der Waals surface area contributed by atoms with Gasteiger partial charge in [0.15, 0.2) is 10.3 Å². The smallest absolute Gasteiger partial charge is 0.169 e. The van der Waals surface area contributed by atoms with Crippen molar-refractivity contribution in [1.29, 1.82) is 0 Å². The number of epoxide rings is 2. The molecule has 2 fully saturated rings. The highest BCUT2D eigenvalue weighted by Crippen LogP contribution is 2.30. The lowest BCUT2D eigenvalue weighted by molar-refractivity contribution is 0.379. The van der Waals surface area contributed by atoms with E-state index in [1.807, 2.05) is 35.7 Å². The summed E-state index contributed by atoms with van der Waals surface area (Å²) in [6.45, 7) is 3.47. The molecule has 6 nitrogen and oxygen atoms in total. The summed E-state index contributed by atoms with van der Waals surface area (Å²) in [6, 6.07) is 16.7. The van der Waals surface area contributed by atoms with Crippen LogP contribution in [0.2, 0.25) is 0 Å². The molecule has 30 heavy (non-hydrogen) atoms. The Morgan fingerprint density at radius 3 is 1.60 bits per heavy atom. The van der Waals surface area contributed by atoms with Crippen LogP contribution in [0.5, 0.6) is 0 Å². The van der Waals surface area contributed by atoms with Gasteiger partial charge in [-0.25, -0.2) is 9.97 Å². The Bertz CT molecular complexity index is 1100. The van der Waals surface area contributed by atoms with Gasteiger partial charge in [-0.3, -0.25) is 0 Å². The molecule has 0 saturated carbocycles. The van der Waals surface area contributed by atoms with Gasteiger partial charge in [-0.1, -0.05) is 47.8 Å². The highest BCUT2D eigenvalue weighted by Gasteiger charge is 2.26. The number of aromatic nitrogens is 4. The number of nitrogens with zero attached hydrogens (tertiary/aromatic N) is 4. The summed E-state index contributed by atoms with van der Waals surface area (Å²) < 4.78 is 15.5. The predicted octanol–water partition coefficient (Wildman–Crippen LogP) is 4.07. The fourth-order valence-corrected chi connectivity index (χ4v) is 5.72. The Hall–Kier alpha value is -2.00. The fraction of sp³-hybridized carbons (Fsp3) is 0.364. The summed E-state index contributed by atoms with van der Waals surface area (Å²) >= 11 is 3.63. The summed E-state index contributed by atoms with van der Waals surface area (Å²) in [7, 11) is 0. The molecule has 2 saturated heterocycles. The number of para-hydroxylation sites is 4. The van der Waals surface area contributed by atoms with E-state index in [-0.39, 0.29) is 0 Å². The first-order valence-corrected chi connectivity index (χ1v) is 12.2. The molecular formula is C22H22N4O2S2. The maximum Gasteiger partial charge on any atom is 0.169 e. The van der Waals surface area contributed by atoms with Crippen LogP contribution in [0.1, 0.15) is 0 Å². The summed E-state index contributed by atoms with van der Waals surface area (Å²) in [5.41, 5.74) is 4.49. The van der Waals surface area contributed by atoms with Crippen molar-refractivity contribution in [3.05, 3.63) is 48.5 Å². The molecule has 2 aliphatic heterocycles. The fourth-order valence-electron chi connectivity index (χ4n) is 3.70. The molecule has 2 aromatic heterocycles. The van der Waals surface area contributed by atoms with Crippen LogP contribution in [0, 0.1) is 0 Å². The van der Waals surface area contributed by atoms with Crippen LogP contribution in [0.3, 0.4) is 0 Å². The molecule has 6 rings (SSSR count). The van der Waals surface area contributed by atoms with Crippen molar-refractivity contribution in [2.45, 2.75) is 35.6 Å². The standard InChI is InChI=1S/C22H22N4O2S2/c1-3-7-19-17(5-1)23-21(25(19)11-15-13-27-15)29-9-10-30-22-24-18-6-2-4-8-20(18)26(22)12-16-14-28-16/h1-8,15-16H,9-14H2. The molecule has 2 aliphatic rings. The van der Waals surface area contributed by atoms with Gasteiger partial charge >= 0.3 is 0 Å². The van der Waals surface area contributed by atoms with Crippen molar-refractivity contribution in [2.75, 3.05) is 24.7 Å². The SMILES string of the molecule is c1ccc2c(c1)nc(SCCSc1nc3ccccc3n1CC1CO1)n2CC1CO1. The van der Waals surface area contributed by atoms with Gasteiger partial charge in [0.25, 0.3) is 0 Å². The average Bonchev–Trinajstić information content (AvgIpc) is 3.69. The molecule has 0 N–H and O–H groups in total. The van der Waals surface area contributed by atoms with Gasteiger partial charge in [-0.2, -0.15) is 0 Å². The summed E-state index contributed by atoms with van der Waals surface area (Å²) in [5, 5.41) is 2.15. The predicted molar refractivity (Wildman–Crippen MR) is 120 cm³/mol. The lowest BCUT2D eigenvalue weighted by Crippen LogP contribution is -2.06. The molecular weight excluding hydrogens is 416 g/mol. The van der Waals surface area contributed by atoms with Gasteiger partial charge in [0.2, 0.25) is 0 Å². The third kappa shape index (κ3) is 3.85. The minimum atomic E-state index is 0.334. The number of fused-ring (bicyclic) bond motifs is 2. The van der Waals surface area contributed by atoms with E-state index in [1.54, 1.807) is 0 Å². The Morgan fingerprint density at radius 2 is 1.17 bits per heavy atom. The maximum atomic E-state index is 5.46. The lowest BCUT2D eigenvalue weighted by atomic mass is 10.3. The number of rotatable bonds is 9. The van der Waals surface area contributed by atoms with Gasteiger partial charge in [0.1, 0.15) is 0 Å². The van der Waals surface area contributed by atoms with E-state index in [4.69, 9.17) is 19.4 Å². The van der Waals surface area contributed by atoms with E-state index in [2.05, 4.69) is 45.5 Å². The monoisotopic (exact) mass is 438 g/mol. The number of benzene rings is 2. The van der Waals surface area contributed by atoms with Crippen LogP contribution in [-0.2, 0) is 22.6 Å². The Labute approximate surface area is 183 Å². The van der Waals surface area contributed by atoms with Crippen molar-refractivity contribution in [3.63, 3.8) is 0 Å². The second-order valence-electron chi connectivity index (χ2n) is 7.60. The highest BCUT2D eigenvalue weighted by atomic mass is 32.2. The zero-order chi connectivity index (χ0) is 19.9. The molecule has 0 aliphatic carbocycles. The normalized spacial score (nSPS) is 20.3. The second kappa shape index (κ2) is 7.92. The van der Waals surface area contributed by atoms with Crippen molar-refractivity contribution >= 4 is 45.6 Å². The largest absolute Gasteiger partial charge is 0.371 e. The Balaban J connectivity index is 1.16.